The molecule has 0 amide bonds. The van der Waals surface area contributed by atoms with Crippen molar-refractivity contribution >= 4 is 0 Å². The zero-order valence-electron chi connectivity index (χ0n) is 10.5. The maximum absolute atomic E-state index is 5.62. The van der Waals surface area contributed by atoms with Crippen LogP contribution in [0.5, 0.6) is 0 Å². The predicted octanol–water partition coefficient (Wildman–Crippen LogP) is 2.72. The van der Waals surface area contributed by atoms with Gasteiger partial charge < -0.3 is 0 Å². The topological polar surface area (TPSA) is 50.9 Å². The SMILES string of the molecule is CCC(CC)CC(NN)c1ccc(C)nc1. The molecular formula is C13H23N3. The minimum Gasteiger partial charge on any atom is -0.271 e. The highest BCUT2D eigenvalue weighted by atomic mass is 15.2. The standard InChI is InChI=1S/C13H23N3/c1-4-11(5-2)8-13(16-14)12-7-6-10(3)15-9-12/h6-7,9,11,13,16H,4-5,8,14H2,1-3H3. The third kappa shape index (κ3) is 3.58. The van der Waals surface area contributed by atoms with E-state index in [4.69, 9.17) is 5.84 Å². The highest BCUT2D eigenvalue weighted by Gasteiger charge is 2.14. The van der Waals surface area contributed by atoms with E-state index in [9.17, 15) is 0 Å². The summed E-state index contributed by atoms with van der Waals surface area (Å²) >= 11 is 0. The maximum atomic E-state index is 5.62. The Labute approximate surface area is 98.4 Å². The van der Waals surface area contributed by atoms with E-state index in [1.165, 1.54) is 18.4 Å². The summed E-state index contributed by atoms with van der Waals surface area (Å²) in [6.45, 7) is 6.46. The van der Waals surface area contributed by atoms with E-state index >= 15 is 0 Å². The smallest absolute Gasteiger partial charge is 0.0477 e. The van der Waals surface area contributed by atoms with Gasteiger partial charge in [-0.05, 0) is 30.9 Å². The first kappa shape index (κ1) is 13.1. The second kappa shape index (κ2) is 6.61. The van der Waals surface area contributed by atoms with E-state index in [0.29, 0.717) is 0 Å². The minimum atomic E-state index is 0.220. The molecule has 0 bridgehead atoms. The van der Waals surface area contributed by atoms with Gasteiger partial charge in [-0.25, -0.2) is 0 Å². The summed E-state index contributed by atoms with van der Waals surface area (Å²) in [5, 5.41) is 0. The molecule has 3 heteroatoms. The number of hydrogen-bond acceptors (Lipinski definition) is 3. The van der Waals surface area contributed by atoms with Crippen LogP contribution in [0.1, 0.15) is 50.4 Å². The van der Waals surface area contributed by atoms with Crippen LogP contribution in [0.25, 0.3) is 0 Å². The van der Waals surface area contributed by atoms with Gasteiger partial charge in [-0.15, -0.1) is 0 Å². The molecule has 0 aromatic carbocycles. The number of rotatable bonds is 6. The molecule has 0 aliphatic heterocycles. The van der Waals surface area contributed by atoms with Gasteiger partial charge in [0.25, 0.3) is 0 Å². The first-order valence-electron chi connectivity index (χ1n) is 6.09. The summed E-state index contributed by atoms with van der Waals surface area (Å²) in [5.74, 6) is 6.35. The molecule has 0 spiro atoms. The van der Waals surface area contributed by atoms with Crippen LogP contribution in [0.15, 0.2) is 18.3 Å². The summed E-state index contributed by atoms with van der Waals surface area (Å²) in [6, 6.07) is 4.36. The zero-order chi connectivity index (χ0) is 12.0. The second-order valence-electron chi connectivity index (χ2n) is 4.37. The van der Waals surface area contributed by atoms with Gasteiger partial charge in [0, 0.05) is 17.9 Å². The zero-order valence-corrected chi connectivity index (χ0v) is 10.5. The molecule has 3 nitrogen and oxygen atoms in total. The van der Waals surface area contributed by atoms with E-state index in [2.05, 4.69) is 30.3 Å². The number of pyridine rings is 1. The van der Waals surface area contributed by atoms with Crippen molar-refractivity contribution in [2.45, 2.75) is 46.1 Å². The minimum absolute atomic E-state index is 0.220. The van der Waals surface area contributed by atoms with Crippen molar-refractivity contribution in [3.05, 3.63) is 29.6 Å². The third-order valence-corrected chi connectivity index (χ3v) is 3.26. The Morgan fingerprint density at radius 1 is 1.31 bits per heavy atom. The Hall–Kier alpha value is -0.930. The van der Waals surface area contributed by atoms with Crippen LogP contribution in [0, 0.1) is 12.8 Å². The number of nitrogens with one attached hydrogen (secondary N) is 1. The third-order valence-electron chi connectivity index (χ3n) is 3.26. The number of nitrogens with two attached hydrogens (primary N) is 1. The number of hydrogen-bond donors (Lipinski definition) is 2. The van der Waals surface area contributed by atoms with Gasteiger partial charge >= 0.3 is 0 Å². The summed E-state index contributed by atoms with van der Waals surface area (Å²) in [7, 11) is 0. The predicted molar refractivity (Wildman–Crippen MR) is 67.7 cm³/mol. The molecule has 1 unspecified atom stereocenters. The summed E-state index contributed by atoms with van der Waals surface area (Å²) in [6.07, 6.45) is 5.40. The van der Waals surface area contributed by atoms with Gasteiger partial charge in [0.15, 0.2) is 0 Å². The lowest BCUT2D eigenvalue weighted by molar-refractivity contribution is 0.374. The van der Waals surface area contributed by atoms with Gasteiger partial charge in [-0.2, -0.15) is 0 Å². The van der Waals surface area contributed by atoms with Crippen molar-refractivity contribution in [2.75, 3.05) is 0 Å². The molecule has 0 aliphatic rings. The Balaban J connectivity index is 2.70. The average Bonchev–Trinajstić information content (AvgIpc) is 2.32. The van der Waals surface area contributed by atoms with Crippen molar-refractivity contribution in [1.82, 2.24) is 10.4 Å². The van der Waals surface area contributed by atoms with Gasteiger partial charge in [-0.1, -0.05) is 32.8 Å². The molecule has 1 atom stereocenters. The maximum Gasteiger partial charge on any atom is 0.0477 e. The normalized spacial score (nSPS) is 13.1. The molecule has 1 heterocycles. The fourth-order valence-electron chi connectivity index (χ4n) is 1.94. The van der Waals surface area contributed by atoms with Crippen LogP contribution >= 0.6 is 0 Å². The lowest BCUT2D eigenvalue weighted by Gasteiger charge is -2.21. The van der Waals surface area contributed by atoms with Crippen molar-refractivity contribution in [2.24, 2.45) is 11.8 Å². The van der Waals surface area contributed by atoms with Crippen LogP contribution in [0.2, 0.25) is 0 Å². The van der Waals surface area contributed by atoms with Gasteiger partial charge in [0.05, 0.1) is 0 Å². The Bertz CT molecular complexity index is 291. The van der Waals surface area contributed by atoms with E-state index in [1.807, 2.05) is 19.2 Å². The van der Waals surface area contributed by atoms with Crippen molar-refractivity contribution in [3.63, 3.8) is 0 Å². The largest absolute Gasteiger partial charge is 0.271 e. The molecule has 3 N–H and O–H groups in total. The summed E-state index contributed by atoms with van der Waals surface area (Å²) in [4.78, 5) is 4.31. The van der Waals surface area contributed by atoms with Crippen molar-refractivity contribution in [1.29, 1.82) is 0 Å². The molecule has 0 aliphatic carbocycles. The molecule has 16 heavy (non-hydrogen) atoms. The lowest BCUT2D eigenvalue weighted by atomic mass is 9.92. The number of nitrogens with zero attached hydrogens (tertiary/aromatic N) is 1. The van der Waals surface area contributed by atoms with Crippen LogP contribution in [-0.2, 0) is 0 Å². The van der Waals surface area contributed by atoms with Crippen LogP contribution < -0.4 is 11.3 Å². The van der Waals surface area contributed by atoms with E-state index in [1.54, 1.807) is 0 Å². The fraction of sp³-hybridized carbons (Fsp3) is 0.615. The molecule has 1 aromatic heterocycles. The Kier molecular flexibility index (Phi) is 5.43. The molecule has 0 saturated carbocycles. The molecule has 0 fully saturated rings. The first-order chi connectivity index (χ1) is 7.71. The first-order valence-corrected chi connectivity index (χ1v) is 6.09. The number of aromatic nitrogens is 1. The Morgan fingerprint density at radius 2 is 2.00 bits per heavy atom. The highest BCUT2D eigenvalue weighted by molar-refractivity contribution is 5.17. The average molecular weight is 221 g/mol. The molecule has 0 saturated heterocycles. The van der Waals surface area contributed by atoms with Crippen molar-refractivity contribution in [3.8, 4) is 0 Å². The highest BCUT2D eigenvalue weighted by Crippen LogP contribution is 2.24. The molecular weight excluding hydrogens is 198 g/mol. The van der Waals surface area contributed by atoms with Crippen molar-refractivity contribution < 1.29 is 0 Å². The molecule has 1 aromatic rings. The Morgan fingerprint density at radius 3 is 2.44 bits per heavy atom. The van der Waals surface area contributed by atoms with E-state index < -0.39 is 0 Å². The van der Waals surface area contributed by atoms with Crippen LogP contribution in [0.4, 0.5) is 0 Å². The fourth-order valence-corrected chi connectivity index (χ4v) is 1.94. The quantitative estimate of drug-likeness (QED) is 0.573. The van der Waals surface area contributed by atoms with Crippen LogP contribution in [-0.4, -0.2) is 4.98 Å². The molecule has 1 rings (SSSR count). The van der Waals surface area contributed by atoms with Crippen LogP contribution in [0.3, 0.4) is 0 Å². The molecule has 90 valence electrons. The molecule has 0 radical (unpaired) electrons. The monoisotopic (exact) mass is 221 g/mol. The summed E-state index contributed by atoms with van der Waals surface area (Å²) < 4.78 is 0. The second-order valence-corrected chi connectivity index (χ2v) is 4.37. The summed E-state index contributed by atoms with van der Waals surface area (Å²) in [5.41, 5.74) is 5.12. The van der Waals surface area contributed by atoms with Gasteiger partial charge in [0.2, 0.25) is 0 Å². The lowest BCUT2D eigenvalue weighted by Crippen LogP contribution is -2.29. The van der Waals surface area contributed by atoms with E-state index in [0.717, 1.165) is 18.0 Å². The van der Waals surface area contributed by atoms with E-state index in [-0.39, 0.29) is 6.04 Å². The van der Waals surface area contributed by atoms with Gasteiger partial charge in [0.1, 0.15) is 0 Å². The number of hydrazine groups is 1. The van der Waals surface area contributed by atoms with Gasteiger partial charge in [-0.3, -0.25) is 16.3 Å². The number of aryl methyl sites for hydroxylation is 1.